The van der Waals surface area contributed by atoms with E-state index in [4.69, 9.17) is 23.2 Å². The normalized spacial score (nSPS) is 15.5. The maximum absolute atomic E-state index is 12.8. The zero-order valence-corrected chi connectivity index (χ0v) is 18.6. The first-order valence-corrected chi connectivity index (χ1v) is 12.1. The highest BCUT2D eigenvalue weighted by Crippen LogP contribution is 2.31. The summed E-state index contributed by atoms with van der Waals surface area (Å²) < 4.78 is 25.6. The smallest absolute Gasteiger partial charge is 0.272 e. The number of benzene rings is 1. The molecule has 0 unspecified atom stereocenters. The highest BCUT2D eigenvalue weighted by molar-refractivity contribution is 7.90. The van der Waals surface area contributed by atoms with E-state index in [-0.39, 0.29) is 38.0 Å². The number of sulfone groups is 1. The van der Waals surface area contributed by atoms with Crippen LogP contribution >= 0.6 is 23.2 Å². The lowest BCUT2D eigenvalue weighted by Crippen LogP contribution is -2.38. The summed E-state index contributed by atoms with van der Waals surface area (Å²) in [7, 11) is -3.81. The summed E-state index contributed by atoms with van der Waals surface area (Å²) in [6.45, 7) is 3.60. The van der Waals surface area contributed by atoms with Crippen molar-refractivity contribution < 1.29 is 13.2 Å². The van der Waals surface area contributed by atoms with E-state index in [1.54, 1.807) is 29.2 Å². The molecular formula is C21H24Cl2N2O3S. The van der Waals surface area contributed by atoms with Crippen LogP contribution < -0.4 is 0 Å². The minimum atomic E-state index is -3.81. The van der Waals surface area contributed by atoms with Gasteiger partial charge in [-0.05, 0) is 43.0 Å². The van der Waals surface area contributed by atoms with Crippen molar-refractivity contribution in [2.24, 2.45) is 5.92 Å². The van der Waals surface area contributed by atoms with E-state index in [1.807, 2.05) is 0 Å². The molecule has 1 amide bonds. The Morgan fingerprint density at radius 3 is 2.34 bits per heavy atom. The number of carbonyl (C=O) groups excluding carboxylic acids is 1. The van der Waals surface area contributed by atoms with Crippen molar-refractivity contribution in [1.82, 2.24) is 9.88 Å². The average Bonchev–Trinajstić information content (AvgIpc) is 2.68. The molecule has 29 heavy (non-hydrogen) atoms. The molecule has 2 aromatic rings. The van der Waals surface area contributed by atoms with Crippen LogP contribution in [0.4, 0.5) is 0 Å². The molecule has 0 saturated carbocycles. The topological polar surface area (TPSA) is 67.3 Å². The molecule has 3 rings (SSSR count). The van der Waals surface area contributed by atoms with E-state index in [2.05, 4.69) is 11.9 Å². The van der Waals surface area contributed by atoms with Crippen LogP contribution in [0.15, 0.2) is 41.3 Å². The van der Waals surface area contributed by atoms with E-state index in [0.29, 0.717) is 19.0 Å². The van der Waals surface area contributed by atoms with E-state index < -0.39 is 9.84 Å². The highest BCUT2D eigenvalue weighted by Gasteiger charge is 2.26. The van der Waals surface area contributed by atoms with Gasteiger partial charge >= 0.3 is 0 Å². The molecule has 0 N–H and O–H groups in total. The minimum Gasteiger partial charge on any atom is -0.337 e. The predicted molar refractivity (Wildman–Crippen MR) is 115 cm³/mol. The summed E-state index contributed by atoms with van der Waals surface area (Å²) in [5.41, 5.74) is 0.546. The maximum atomic E-state index is 12.8. The number of piperidine rings is 1. The van der Waals surface area contributed by atoms with Crippen molar-refractivity contribution in [2.45, 2.75) is 43.3 Å². The molecule has 1 aromatic carbocycles. The summed E-state index contributed by atoms with van der Waals surface area (Å²) in [4.78, 5) is 18.8. The van der Waals surface area contributed by atoms with Crippen LogP contribution in [0.3, 0.4) is 0 Å². The molecule has 1 aliphatic heterocycles. The first-order valence-electron chi connectivity index (χ1n) is 9.73. The molecule has 2 heterocycles. The van der Waals surface area contributed by atoms with Crippen molar-refractivity contribution in [3.05, 3.63) is 57.8 Å². The molecule has 0 bridgehead atoms. The fourth-order valence-corrected chi connectivity index (χ4v) is 6.25. The number of halogens is 2. The summed E-state index contributed by atoms with van der Waals surface area (Å²) >= 11 is 12.1. The monoisotopic (exact) mass is 454 g/mol. The third-order valence-corrected chi connectivity index (χ3v) is 7.78. The molecule has 5 nitrogen and oxygen atoms in total. The number of pyridine rings is 1. The fourth-order valence-electron chi connectivity index (χ4n) is 3.72. The quantitative estimate of drug-likeness (QED) is 0.614. The van der Waals surface area contributed by atoms with Gasteiger partial charge in [-0.25, -0.2) is 13.4 Å². The molecular weight excluding hydrogens is 431 g/mol. The molecule has 0 radical (unpaired) electrons. The second-order valence-corrected chi connectivity index (χ2v) is 10.1. The van der Waals surface area contributed by atoms with Crippen LogP contribution in [0, 0.1) is 5.92 Å². The number of aromatic nitrogens is 1. The summed E-state index contributed by atoms with van der Waals surface area (Å²) in [5, 5.41) is 0.138. The van der Waals surface area contributed by atoms with Gasteiger partial charge in [0.2, 0.25) is 0 Å². The lowest BCUT2D eigenvalue weighted by molar-refractivity contribution is 0.0680. The van der Waals surface area contributed by atoms with Gasteiger partial charge in [-0.15, -0.1) is 0 Å². The fraction of sp³-hybridized carbons (Fsp3) is 0.429. The van der Waals surface area contributed by atoms with Gasteiger partial charge in [-0.1, -0.05) is 55.1 Å². The van der Waals surface area contributed by atoms with Crippen LogP contribution in [-0.2, 0) is 15.6 Å². The van der Waals surface area contributed by atoms with Gasteiger partial charge in [-0.2, -0.15) is 0 Å². The van der Waals surface area contributed by atoms with Crippen LogP contribution in [0.2, 0.25) is 10.0 Å². The largest absolute Gasteiger partial charge is 0.337 e. The van der Waals surface area contributed by atoms with Gasteiger partial charge in [0.05, 0.1) is 21.5 Å². The Morgan fingerprint density at radius 1 is 1.10 bits per heavy atom. The number of rotatable bonds is 6. The molecule has 1 aromatic heterocycles. The van der Waals surface area contributed by atoms with Gasteiger partial charge < -0.3 is 4.90 Å². The Labute approximate surface area is 182 Å². The Bertz CT molecular complexity index is 967. The van der Waals surface area contributed by atoms with Crippen molar-refractivity contribution in [2.75, 3.05) is 13.1 Å². The Balaban J connectivity index is 1.75. The molecule has 0 aliphatic carbocycles. The third kappa shape index (κ3) is 5.30. The second-order valence-electron chi connectivity index (χ2n) is 7.35. The molecule has 1 aliphatic rings. The number of hydrogen-bond acceptors (Lipinski definition) is 4. The second kappa shape index (κ2) is 9.45. The standard InChI is InChI=1S/C21H24Cl2N2O3S/c1-2-5-15-10-12-25(13-11-15)21(26)19-9-3-6-16(24-19)14-29(27,28)20-17(22)7-4-8-18(20)23/h3-4,6-9,15H,2,5,10-14H2,1H3. The number of amides is 1. The molecule has 1 fully saturated rings. The van der Waals surface area contributed by atoms with Gasteiger partial charge in [0.15, 0.2) is 9.84 Å². The predicted octanol–water partition coefficient (Wildman–Crippen LogP) is 5.01. The van der Waals surface area contributed by atoms with Gasteiger partial charge in [0.1, 0.15) is 10.6 Å². The van der Waals surface area contributed by atoms with E-state index >= 15 is 0 Å². The van der Waals surface area contributed by atoms with E-state index in [1.165, 1.54) is 18.6 Å². The lowest BCUT2D eigenvalue weighted by Gasteiger charge is -2.31. The van der Waals surface area contributed by atoms with Crippen molar-refractivity contribution in [3.63, 3.8) is 0 Å². The first kappa shape index (κ1) is 22.1. The van der Waals surface area contributed by atoms with Crippen molar-refractivity contribution in [1.29, 1.82) is 0 Å². The third-order valence-electron chi connectivity index (χ3n) is 5.19. The number of likely N-dealkylation sites (tertiary alicyclic amines) is 1. The number of hydrogen-bond donors (Lipinski definition) is 0. The zero-order valence-electron chi connectivity index (χ0n) is 16.3. The van der Waals surface area contributed by atoms with Crippen LogP contribution in [0.25, 0.3) is 0 Å². The summed E-state index contributed by atoms with van der Waals surface area (Å²) in [5.74, 6) is 0.139. The molecule has 1 saturated heterocycles. The maximum Gasteiger partial charge on any atom is 0.272 e. The molecule has 156 valence electrons. The van der Waals surface area contributed by atoms with E-state index in [0.717, 1.165) is 19.3 Å². The van der Waals surface area contributed by atoms with Crippen LogP contribution in [-0.4, -0.2) is 37.3 Å². The number of nitrogens with zero attached hydrogens (tertiary/aromatic N) is 2. The first-order chi connectivity index (χ1) is 13.8. The Kier molecular flexibility index (Phi) is 7.19. The Morgan fingerprint density at radius 2 is 1.72 bits per heavy atom. The van der Waals surface area contributed by atoms with Crippen molar-refractivity contribution in [3.8, 4) is 0 Å². The summed E-state index contributed by atoms with van der Waals surface area (Å²) in [6.07, 6.45) is 4.35. The van der Waals surface area contributed by atoms with Crippen LogP contribution in [0.1, 0.15) is 48.8 Å². The summed E-state index contributed by atoms with van der Waals surface area (Å²) in [6, 6.07) is 9.42. The van der Waals surface area contributed by atoms with Gasteiger partial charge in [-0.3, -0.25) is 4.79 Å². The zero-order chi connectivity index (χ0) is 21.0. The van der Waals surface area contributed by atoms with Gasteiger partial charge in [0, 0.05) is 13.1 Å². The lowest BCUT2D eigenvalue weighted by atomic mass is 9.92. The van der Waals surface area contributed by atoms with Crippen LogP contribution in [0.5, 0.6) is 0 Å². The molecule has 8 heteroatoms. The molecule has 0 atom stereocenters. The SMILES string of the molecule is CCCC1CCN(C(=O)c2cccc(CS(=O)(=O)c3c(Cl)cccc3Cl)n2)CC1. The average molecular weight is 455 g/mol. The minimum absolute atomic E-state index is 0.0691. The molecule has 0 spiro atoms. The van der Waals surface area contributed by atoms with Crippen molar-refractivity contribution >= 4 is 38.9 Å². The van der Waals surface area contributed by atoms with E-state index in [9.17, 15) is 13.2 Å². The van der Waals surface area contributed by atoms with Gasteiger partial charge in [0.25, 0.3) is 5.91 Å². The highest BCUT2D eigenvalue weighted by atomic mass is 35.5. The number of carbonyl (C=O) groups is 1. The Hall–Kier alpha value is -1.63.